The number of aliphatic hydroxyl groups is 1. The van der Waals surface area contributed by atoms with Crippen LogP contribution in [0.4, 0.5) is 0 Å². The van der Waals surface area contributed by atoms with Gasteiger partial charge in [-0.3, -0.25) is 0 Å². The zero-order chi connectivity index (χ0) is 10.8. The van der Waals surface area contributed by atoms with E-state index in [2.05, 4.69) is 28.9 Å². The fraction of sp³-hybridized carbons (Fsp3) is 0.818. The van der Waals surface area contributed by atoms with E-state index in [0.717, 1.165) is 23.7 Å². The largest absolute Gasteiger partial charge is 0.389 e. The summed E-state index contributed by atoms with van der Waals surface area (Å²) in [5, 5.41) is 10.6. The van der Waals surface area contributed by atoms with Gasteiger partial charge in [0.05, 0.1) is 11.7 Å². The van der Waals surface area contributed by atoms with Gasteiger partial charge in [-0.2, -0.15) is 0 Å². The number of aliphatic hydroxyl groups excluding tert-OH is 1. The molecule has 1 aliphatic carbocycles. The number of allylic oxidation sites excluding steroid dienone is 1. The van der Waals surface area contributed by atoms with Gasteiger partial charge in [0, 0.05) is 12.4 Å². The van der Waals surface area contributed by atoms with Crippen molar-refractivity contribution < 1.29 is 9.84 Å². The molecule has 1 N–H and O–H groups in total. The highest BCUT2D eigenvalue weighted by molar-refractivity contribution is 9.09. The lowest BCUT2D eigenvalue weighted by Crippen LogP contribution is -2.41. The molecule has 82 valence electrons. The van der Waals surface area contributed by atoms with E-state index >= 15 is 0 Å². The molecule has 0 bridgehead atoms. The molecule has 1 rings (SSSR count). The lowest BCUT2D eigenvalue weighted by atomic mass is 9.78. The predicted molar refractivity (Wildman–Crippen MR) is 61.7 cm³/mol. The van der Waals surface area contributed by atoms with Gasteiger partial charge in [-0.1, -0.05) is 22.0 Å². The van der Waals surface area contributed by atoms with Gasteiger partial charge in [-0.15, -0.1) is 0 Å². The van der Waals surface area contributed by atoms with Crippen LogP contribution in [0.25, 0.3) is 0 Å². The quantitative estimate of drug-likeness (QED) is 0.626. The third kappa shape index (κ3) is 2.38. The average Bonchev–Trinajstić information content (AvgIpc) is 2.21. The minimum absolute atomic E-state index is 0.168. The Morgan fingerprint density at radius 3 is 2.79 bits per heavy atom. The maximum Gasteiger partial charge on any atom is 0.0779 e. The van der Waals surface area contributed by atoms with Crippen LogP contribution in [0.3, 0.4) is 0 Å². The van der Waals surface area contributed by atoms with Crippen LogP contribution in [0, 0.1) is 5.92 Å². The highest BCUT2D eigenvalue weighted by atomic mass is 79.9. The average molecular weight is 263 g/mol. The molecule has 1 aliphatic rings. The second kappa shape index (κ2) is 4.77. The Kier molecular flexibility index (Phi) is 4.16. The molecule has 0 unspecified atom stereocenters. The number of ether oxygens (including phenoxy) is 1. The maximum absolute atomic E-state index is 9.76. The van der Waals surface area contributed by atoms with Gasteiger partial charge in [-0.25, -0.2) is 0 Å². The monoisotopic (exact) mass is 262 g/mol. The van der Waals surface area contributed by atoms with Crippen molar-refractivity contribution in [2.24, 2.45) is 5.92 Å². The van der Waals surface area contributed by atoms with E-state index in [1.807, 2.05) is 6.92 Å². The SMILES string of the molecule is CO[C@](C)(CBr)[C@H]1CC=C(C)[C@@H](O)C1. The van der Waals surface area contributed by atoms with Crippen molar-refractivity contribution in [3.63, 3.8) is 0 Å². The minimum atomic E-state index is -0.290. The van der Waals surface area contributed by atoms with E-state index in [1.165, 1.54) is 0 Å². The fourth-order valence-electron chi connectivity index (χ4n) is 1.84. The first kappa shape index (κ1) is 12.2. The minimum Gasteiger partial charge on any atom is -0.389 e. The standard InChI is InChI=1S/C11H19BrO2/c1-8-4-5-9(6-10(8)13)11(2,7-12)14-3/h4,9-10,13H,5-7H2,1-3H3/t9-,10-,11+/m0/s1. The number of rotatable bonds is 3. The van der Waals surface area contributed by atoms with Crippen molar-refractivity contribution in [1.82, 2.24) is 0 Å². The number of hydrogen-bond acceptors (Lipinski definition) is 2. The number of hydrogen-bond donors (Lipinski definition) is 1. The van der Waals surface area contributed by atoms with Crippen LogP contribution in [-0.2, 0) is 4.74 Å². The third-order valence-corrected chi connectivity index (χ3v) is 4.47. The summed E-state index contributed by atoms with van der Waals surface area (Å²) < 4.78 is 5.52. The molecule has 0 aromatic heterocycles. The van der Waals surface area contributed by atoms with Gasteiger partial charge >= 0.3 is 0 Å². The third-order valence-electron chi connectivity index (χ3n) is 3.35. The van der Waals surface area contributed by atoms with Crippen molar-refractivity contribution >= 4 is 15.9 Å². The molecule has 3 heteroatoms. The molecule has 0 amide bonds. The normalized spacial score (nSPS) is 32.2. The first-order valence-corrected chi connectivity index (χ1v) is 6.11. The Balaban J connectivity index is 2.72. The lowest BCUT2D eigenvalue weighted by Gasteiger charge is -2.38. The molecule has 3 atom stereocenters. The summed E-state index contributed by atoms with van der Waals surface area (Å²) in [6.07, 6.45) is 3.64. The van der Waals surface area contributed by atoms with Crippen LogP contribution in [-0.4, -0.2) is 29.3 Å². The lowest BCUT2D eigenvalue weighted by molar-refractivity contribution is -0.0381. The van der Waals surface area contributed by atoms with E-state index in [4.69, 9.17) is 4.74 Å². The van der Waals surface area contributed by atoms with E-state index < -0.39 is 0 Å². The van der Waals surface area contributed by atoms with Gasteiger partial charge in [0.2, 0.25) is 0 Å². The molecule has 0 fully saturated rings. The van der Waals surface area contributed by atoms with Crippen LogP contribution in [0.5, 0.6) is 0 Å². The summed E-state index contributed by atoms with van der Waals surface area (Å²) in [6, 6.07) is 0. The topological polar surface area (TPSA) is 29.5 Å². The first-order chi connectivity index (χ1) is 6.53. The highest BCUT2D eigenvalue weighted by Crippen LogP contribution is 2.35. The summed E-state index contributed by atoms with van der Waals surface area (Å²) in [4.78, 5) is 0. The zero-order valence-electron chi connectivity index (χ0n) is 9.09. The summed E-state index contributed by atoms with van der Waals surface area (Å²) in [5.74, 6) is 0.394. The Morgan fingerprint density at radius 1 is 1.71 bits per heavy atom. The number of alkyl halides is 1. The highest BCUT2D eigenvalue weighted by Gasteiger charge is 2.36. The van der Waals surface area contributed by atoms with Gasteiger partial charge in [0.1, 0.15) is 0 Å². The summed E-state index contributed by atoms with van der Waals surface area (Å²) in [5.41, 5.74) is 0.923. The van der Waals surface area contributed by atoms with E-state index in [9.17, 15) is 5.11 Å². The van der Waals surface area contributed by atoms with Gasteiger partial charge in [-0.05, 0) is 38.2 Å². The molecule has 0 spiro atoms. The zero-order valence-corrected chi connectivity index (χ0v) is 10.7. The molecule has 0 aromatic carbocycles. The van der Waals surface area contributed by atoms with Gasteiger partial charge in [0.25, 0.3) is 0 Å². The number of methoxy groups -OCH3 is 1. The Hall–Kier alpha value is 0.140. The van der Waals surface area contributed by atoms with Gasteiger partial charge in [0.15, 0.2) is 0 Å². The molecule has 2 nitrogen and oxygen atoms in total. The van der Waals surface area contributed by atoms with Crippen LogP contribution < -0.4 is 0 Å². The Labute approximate surface area is 94.5 Å². The van der Waals surface area contributed by atoms with Crippen molar-refractivity contribution in [2.75, 3.05) is 12.4 Å². The van der Waals surface area contributed by atoms with Gasteiger partial charge < -0.3 is 9.84 Å². The molecular weight excluding hydrogens is 244 g/mol. The maximum atomic E-state index is 9.76. The van der Waals surface area contributed by atoms with Crippen LogP contribution in [0.1, 0.15) is 26.7 Å². The first-order valence-electron chi connectivity index (χ1n) is 4.99. The molecule has 0 aromatic rings. The summed E-state index contributed by atoms with van der Waals surface area (Å²) in [7, 11) is 1.73. The Morgan fingerprint density at radius 2 is 2.36 bits per heavy atom. The summed E-state index contributed by atoms with van der Waals surface area (Å²) in [6.45, 7) is 4.08. The molecular formula is C11H19BrO2. The van der Waals surface area contributed by atoms with Crippen molar-refractivity contribution in [3.05, 3.63) is 11.6 Å². The molecule has 0 saturated heterocycles. The molecule has 0 heterocycles. The molecule has 0 aliphatic heterocycles. The predicted octanol–water partition coefficient (Wildman–Crippen LogP) is 2.50. The van der Waals surface area contributed by atoms with E-state index in [0.29, 0.717) is 5.92 Å². The fourth-order valence-corrected chi connectivity index (χ4v) is 2.53. The Bertz CT molecular complexity index is 221. The second-order valence-corrected chi connectivity index (χ2v) is 4.84. The smallest absolute Gasteiger partial charge is 0.0779 e. The number of halogens is 1. The van der Waals surface area contributed by atoms with Crippen molar-refractivity contribution in [2.45, 2.75) is 38.4 Å². The molecule has 0 radical (unpaired) electrons. The molecule has 0 saturated carbocycles. The van der Waals surface area contributed by atoms with E-state index in [-0.39, 0.29) is 11.7 Å². The van der Waals surface area contributed by atoms with Crippen LogP contribution in [0.15, 0.2) is 11.6 Å². The van der Waals surface area contributed by atoms with Crippen LogP contribution in [0.2, 0.25) is 0 Å². The van der Waals surface area contributed by atoms with Crippen molar-refractivity contribution in [1.29, 1.82) is 0 Å². The van der Waals surface area contributed by atoms with Crippen LogP contribution >= 0.6 is 15.9 Å². The van der Waals surface area contributed by atoms with Crippen molar-refractivity contribution in [3.8, 4) is 0 Å². The summed E-state index contributed by atoms with van der Waals surface area (Å²) >= 11 is 3.48. The van der Waals surface area contributed by atoms with E-state index in [1.54, 1.807) is 7.11 Å². The second-order valence-electron chi connectivity index (χ2n) is 4.28. The molecule has 14 heavy (non-hydrogen) atoms.